The summed E-state index contributed by atoms with van der Waals surface area (Å²) in [6, 6.07) is 7.63. The highest BCUT2D eigenvalue weighted by molar-refractivity contribution is 7.99. The molecule has 1 amide bonds. The molecule has 6 nitrogen and oxygen atoms in total. The number of nitrogens with two attached hydrogens (primary N) is 1. The van der Waals surface area contributed by atoms with Crippen LogP contribution >= 0.6 is 24.2 Å². The summed E-state index contributed by atoms with van der Waals surface area (Å²) in [6.07, 6.45) is 2.81. The van der Waals surface area contributed by atoms with E-state index in [0.29, 0.717) is 19.4 Å². The van der Waals surface area contributed by atoms with Crippen LogP contribution in [0.4, 0.5) is 5.69 Å². The molecule has 0 aliphatic carbocycles. The van der Waals surface area contributed by atoms with Crippen molar-refractivity contribution in [2.45, 2.75) is 22.9 Å². The van der Waals surface area contributed by atoms with Gasteiger partial charge in [0.25, 0.3) is 0 Å². The number of anilines is 1. The molecule has 1 heterocycles. The Morgan fingerprint density at radius 1 is 1.38 bits per heavy atom. The standard InChI is InChI=1S/C13H17N5OS.ClH/c1-18-9-15-17-13(18)20-11-6-4-10(5-7-11)16-12(19)3-2-8-14;/h4-7,9H,2-3,8,14H2,1H3,(H,16,19);1H. The second kappa shape index (κ2) is 8.66. The van der Waals surface area contributed by atoms with Gasteiger partial charge in [-0.3, -0.25) is 4.79 Å². The van der Waals surface area contributed by atoms with Crippen molar-refractivity contribution >= 4 is 35.8 Å². The first kappa shape index (κ1) is 17.5. The van der Waals surface area contributed by atoms with Crippen LogP contribution in [0.1, 0.15) is 12.8 Å². The molecule has 2 rings (SSSR count). The van der Waals surface area contributed by atoms with Gasteiger partial charge in [-0.1, -0.05) is 0 Å². The zero-order valence-corrected chi connectivity index (χ0v) is 13.3. The topological polar surface area (TPSA) is 85.8 Å². The van der Waals surface area contributed by atoms with E-state index in [1.165, 1.54) is 11.8 Å². The van der Waals surface area contributed by atoms with Crippen LogP contribution in [-0.4, -0.2) is 27.2 Å². The summed E-state index contributed by atoms with van der Waals surface area (Å²) in [5.41, 5.74) is 6.16. The Labute approximate surface area is 133 Å². The number of nitrogens with one attached hydrogen (secondary N) is 1. The summed E-state index contributed by atoms with van der Waals surface area (Å²) in [5.74, 6) is -0.0100. The fourth-order valence-corrected chi connectivity index (χ4v) is 2.32. The maximum atomic E-state index is 11.6. The number of halogens is 1. The molecule has 8 heteroatoms. The van der Waals surface area contributed by atoms with Gasteiger partial charge < -0.3 is 15.6 Å². The minimum absolute atomic E-state index is 0. The summed E-state index contributed by atoms with van der Waals surface area (Å²) in [4.78, 5) is 12.6. The first-order valence-electron chi connectivity index (χ1n) is 6.31. The molecule has 0 unspecified atom stereocenters. The SMILES string of the molecule is Cl.Cn1cnnc1Sc1ccc(NC(=O)CCCN)cc1. The molecule has 0 spiro atoms. The largest absolute Gasteiger partial charge is 0.330 e. The molecule has 0 radical (unpaired) electrons. The lowest BCUT2D eigenvalue weighted by Crippen LogP contribution is -2.13. The number of aryl methyl sites for hydroxylation is 1. The fraction of sp³-hybridized carbons (Fsp3) is 0.308. The third kappa shape index (κ3) is 5.37. The van der Waals surface area contributed by atoms with Crippen molar-refractivity contribution in [1.29, 1.82) is 0 Å². The Morgan fingerprint density at radius 2 is 2.10 bits per heavy atom. The van der Waals surface area contributed by atoms with Crippen LogP contribution in [0.2, 0.25) is 0 Å². The summed E-state index contributed by atoms with van der Waals surface area (Å²) in [6.45, 7) is 0.528. The first-order valence-corrected chi connectivity index (χ1v) is 7.12. The third-order valence-electron chi connectivity index (χ3n) is 2.63. The van der Waals surface area contributed by atoms with Crippen LogP contribution in [0.25, 0.3) is 0 Å². The van der Waals surface area contributed by atoms with E-state index in [2.05, 4.69) is 15.5 Å². The van der Waals surface area contributed by atoms with Crippen LogP contribution in [0.3, 0.4) is 0 Å². The molecule has 0 atom stereocenters. The van der Waals surface area contributed by atoms with E-state index in [1.807, 2.05) is 35.9 Å². The minimum atomic E-state index is -0.0100. The second-order valence-electron chi connectivity index (χ2n) is 4.29. The number of carbonyl (C=O) groups excluding carboxylic acids is 1. The Hall–Kier alpha value is -1.57. The molecule has 1 aromatic carbocycles. The molecule has 0 aliphatic heterocycles. The lowest BCUT2D eigenvalue weighted by molar-refractivity contribution is -0.116. The molecule has 2 aromatic rings. The normalized spacial score (nSPS) is 10.0. The van der Waals surface area contributed by atoms with Gasteiger partial charge >= 0.3 is 0 Å². The van der Waals surface area contributed by atoms with E-state index < -0.39 is 0 Å². The number of hydrogen-bond donors (Lipinski definition) is 2. The summed E-state index contributed by atoms with van der Waals surface area (Å²) < 4.78 is 1.85. The van der Waals surface area contributed by atoms with Crippen molar-refractivity contribution in [1.82, 2.24) is 14.8 Å². The number of nitrogens with zero attached hydrogens (tertiary/aromatic N) is 3. The van der Waals surface area contributed by atoms with E-state index in [9.17, 15) is 4.79 Å². The molecule has 0 bridgehead atoms. The van der Waals surface area contributed by atoms with Gasteiger partial charge in [0.1, 0.15) is 6.33 Å². The van der Waals surface area contributed by atoms with Crippen molar-refractivity contribution in [2.24, 2.45) is 12.8 Å². The highest BCUT2D eigenvalue weighted by Gasteiger charge is 2.05. The third-order valence-corrected chi connectivity index (χ3v) is 3.69. The average molecular weight is 328 g/mol. The van der Waals surface area contributed by atoms with Gasteiger partial charge in [0, 0.05) is 24.1 Å². The Kier molecular flexibility index (Phi) is 7.21. The van der Waals surface area contributed by atoms with E-state index in [-0.39, 0.29) is 18.3 Å². The van der Waals surface area contributed by atoms with E-state index >= 15 is 0 Å². The van der Waals surface area contributed by atoms with Crippen molar-refractivity contribution in [3.63, 3.8) is 0 Å². The van der Waals surface area contributed by atoms with Crippen LogP contribution in [0.5, 0.6) is 0 Å². The average Bonchev–Trinajstić information content (AvgIpc) is 2.84. The molecular weight excluding hydrogens is 310 g/mol. The van der Waals surface area contributed by atoms with Gasteiger partial charge in [0.15, 0.2) is 5.16 Å². The Balaban J connectivity index is 0.00000220. The smallest absolute Gasteiger partial charge is 0.224 e. The molecule has 114 valence electrons. The molecule has 0 saturated carbocycles. The highest BCUT2D eigenvalue weighted by Crippen LogP contribution is 2.26. The molecule has 1 aromatic heterocycles. The second-order valence-corrected chi connectivity index (χ2v) is 5.33. The number of amides is 1. The van der Waals surface area contributed by atoms with Gasteiger partial charge in [0.2, 0.25) is 5.91 Å². The van der Waals surface area contributed by atoms with Gasteiger partial charge in [-0.25, -0.2) is 0 Å². The first-order chi connectivity index (χ1) is 9.69. The maximum absolute atomic E-state index is 11.6. The van der Waals surface area contributed by atoms with Gasteiger partial charge in [-0.2, -0.15) is 0 Å². The predicted octanol–water partition coefficient (Wildman–Crippen LogP) is 2.07. The molecular formula is C13H18ClN5OS. The number of benzene rings is 1. The maximum Gasteiger partial charge on any atom is 0.224 e. The van der Waals surface area contributed by atoms with Crippen LogP contribution in [0.15, 0.2) is 40.6 Å². The molecule has 0 fully saturated rings. The highest BCUT2D eigenvalue weighted by atomic mass is 35.5. The quantitative estimate of drug-likeness (QED) is 0.848. The zero-order valence-electron chi connectivity index (χ0n) is 11.7. The van der Waals surface area contributed by atoms with Crippen molar-refractivity contribution in [2.75, 3.05) is 11.9 Å². The predicted molar refractivity (Wildman–Crippen MR) is 85.7 cm³/mol. The van der Waals surface area contributed by atoms with Crippen LogP contribution < -0.4 is 11.1 Å². The van der Waals surface area contributed by atoms with Crippen LogP contribution in [0, 0.1) is 0 Å². The minimum Gasteiger partial charge on any atom is -0.330 e. The monoisotopic (exact) mass is 327 g/mol. The van der Waals surface area contributed by atoms with Crippen molar-refractivity contribution in [3.05, 3.63) is 30.6 Å². The van der Waals surface area contributed by atoms with Gasteiger partial charge in [-0.15, -0.1) is 22.6 Å². The number of rotatable bonds is 6. The van der Waals surface area contributed by atoms with Crippen LogP contribution in [-0.2, 0) is 11.8 Å². The fourth-order valence-electron chi connectivity index (χ4n) is 1.56. The summed E-state index contributed by atoms with van der Waals surface area (Å²) in [7, 11) is 1.90. The molecule has 0 aliphatic rings. The summed E-state index contributed by atoms with van der Waals surface area (Å²) >= 11 is 1.52. The molecule has 21 heavy (non-hydrogen) atoms. The Morgan fingerprint density at radius 3 is 2.67 bits per heavy atom. The van der Waals surface area contributed by atoms with Crippen molar-refractivity contribution < 1.29 is 4.79 Å². The van der Waals surface area contributed by atoms with E-state index in [4.69, 9.17) is 5.73 Å². The number of aromatic nitrogens is 3. The summed E-state index contributed by atoms with van der Waals surface area (Å²) in [5, 5.41) is 11.5. The lowest BCUT2D eigenvalue weighted by Gasteiger charge is -2.06. The van der Waals surface area contributed by atoms with Crippen molar-refractivity contribution in [3.8, 4) is 0 Å². The molecule has 3 N–H and O–H groups in total. The number of carbonyl (C=O) groups is 1. The van der Waals surface area contributed by atoms with Gasteiger partial charge in [0.05, 0.1) is 0 Å². The molecule has 0 saturated heterocycles. The zero-order chi connectivity index (χ0) is 14.4. The van der Waals surface area contributed by atoms with E-state index in [1.54, 1.807) is 6.33 Å². The van der Waals surface area contributed by atoms with Gasteiger partial charge in [-0.05, 0) is 49.0 Å². The van der Waals surface area contributed by atoms with E-state index in [0.717, 1.165) is 15.7 Å². The number of hydrogen-bond acceptors (Lipinski definition) is 5. The Bertz CT molecular complexity index is 572. The lowest BCUT2D eigenvalue weighted by atomic mass is 10.2.